The molecule has 6 nitrogen and oxygen atoms in total. The van der Waals surface area contributed by atoms with Gasteiger partial charge in [0.15, 0.2) is 0 Å². The molecule has 1 fully saturated rings. The summed E-state index contributed by atoms with van der Waals surface area (Å²) in [5.41, 5.74) is 2.92. The molecule has 0 bridgehead atoms. The van der Waals surface area contributed by atoms with Gasteiger partial charge in [0.25, 0.3) is 0 Å². The monoisotopic (exact) mass is 305 g/mol. The highest BCUT2D eigenvalue weighted by Crippen LogP contribution is 2.24. The van der Waals surface area contributed by atoms with E-state index in [0.29, 0.717) is 32.2 Å². The summed E-state index contributed by atoms with van der Waals surface area (Å²) >= 11 is 0. The molecule has 1 aromatic rings. The minimum Gasteiger partial charge on any atom is -0.481 e. The molecule has 3 N–H and O–H groups in total. The highest BCUT2D eigenvalue weighted by atomic mass is 16.4. The molecule has 6 heteroatoms. The van der Waals surface area contributed by atoms with E-state index in [0.717, 1.165) is 17.0 Å². The van der Waals surface area contributed by atoms with Gasteiger partial charge in [-0.3, -0.25) is 9.78 Å². The van der Waals surface area contributed by atoms with Crippen LogP contribution < -0.4 is 10.6 Å². The third-order valence-electron chi connectivity index (χ3n) is 4.25. The second-order valence-electron chi connectivity index (χ2n) is 5.92. The fourth-order valence-electron chi connectivity index (χ4n) is 2.67. The first kappa shape index (κ1) is 16.3. The number of carbonyl (C=O) groups excluding carboxylic acids is 1. The van der Waals surface area contributed by atoms with Crippen molar-refractivity contribution in [1.29, 1.82) is 0 Å². The lowest BCUT2D eigenvalue weighted by Gasteiger charge is -2.26. The number of nitrogens with zero attached hydrogens (tertiary/aromatic N) is 1. The maximum absolute atomic E-state index is 11.9. The Morgan fingerprint density at radius 3 is 2.50 bits per heavy atom. The summed E-state index contributed by atoms with van der Waals surface area (Å²) in [7, 11) is 0. The molecule has 120 valence electrons. The molecule has 1 aromatic heterocycles. The third kappa shape index (κ3) is 4.44. The lowest BCUT2D eigenvalue weighted by atomic mass is 9.86. The normalized spacial score (nSPS) is 21.2. The Hall–Kier alpha value is -2.11. The maximum atomic E-state index is 11.9. The number of carbonyl (C=O) groups is 2. The van der Waals surface area contributed by atoms with Crippen LogP contribution in [-0.2, 0) is 11.3 Å². The molecule has 0 radical (unpaired) electrons. The molecule has 0 aliphatic heterocycles. The Kier molecular flexibility index (Phi) is 5.35. The molecule has 0 atom stereocenters. The number of rotatable bonds is 4. The van der Waals surface area contributed by atoms with Gasteiger partial charge < -0.3 is 15.7 Å². The minimum absolute atomic E-state index is 0.0586. The van der Waals surface area contributed by atoms with Crippen molar-refractivity contribution >= 4 is 12.0 Å². The quantitative estimate of drug-likeness (QED) is 0.795. The molecule has 0 unspecified atom stereocenters. The molecule has 1 saturated carbocycles. The topological polar surface area (TPSA) is 91.3 Å². The second-order valence-corrected chi connectivity index (χ2v) is 5.92. The van der Waals surface area contributed by atoms with E-state index < -0.39 is 5.97 Å². The smallest absolute Gasteiger partial charge is 0.315 e. The Balaban J connectivity index is 1.74. The Morgan fingerprint density at radius 1 is 1.23 bits per heavy atom. The van der Waals surface area contributed by atoms with Crippen molar-refractivity contribution in [2.45, 2.75) is 52.1 Å². The zero-order valence-electron chi connectivity index (χ0n) is 13.1. The number of aryl methyl sites for hydroxylation is 2. The highest BCUT2D eigenvalue weighted by molar-refractivity contribution is 5.74. The van der Waals surface area contributed by atoms with Crippen molar-refractivity contribution in [2.75, 3.05) is 0 Å². The van der Waals surface area contributed by atoms with Gasteiger partial charge in [-0.25, -0.2) is 4.79 Å². The zero-order valence-corrected chi connectivity index (χ0v) is 13.1. The first-order chi connectivity index (χ1) is 10.5. The number of nitrogens with one attached hydrogen (secondary N) is 2. The summed E-state index contributed by atoms with van der Waals surface area (Å²) in [5.74, 6) is -0.996. The third-order valence-corrected chi connectivity index (χ3v) is 4.25. The maximum Gasteiger partial charge on any atom is 0.315 e. The summed E-state index contributed by atoms with van der Waals surface area (Å²) in [6.07, 6.45) is 2.68. The van der Waals surface area contributed by atoms with Gasteiger partial charge in [-0.15, -0.1) is 0 Å². The van der Waals surface area contributed by atoms with E-state index in [1.54, 1.807) is 0 Å². The van der Waals surface area contributed by atoms with Crippen LogP contribution >= 0.6 is 0 Å². The van der Waals surface area contributed by atoms with Crippen LogP contribution in [0.3, 0.4) is 0 Å². The predicted octanol–water partition coefficient (Wildman–Crippen LogP) is 2.14. The van der Waals surface area contributed by atoms with Crippen LogP contribution in [-0.4, -0.2) is 28.1 Å². The number of hydrogen-bond donors (Lipinski definition) is 3. The lowest BCUT2D eigenvalue weighted by molar-refractivity contribution is -0.142. The molecule has 1 aliphatic carbocycles. The number of aromatic nitrogens is 1. The van der Waals surface area contributed by atoms with Gasteiger partial charge in [0.1, 0.15) is 0 Å². The van der Waals surface area contributed by atoms with Crippen LogP contribution in [0, 0.1) is 19.8 Å². The van der Waals surface area contributed by atoms with Crippen LogP contribution in [0.1, 0.15) is 42.6 Å². The van der Waals surface area contributed by atoms with Crippen LogP contribution in [0.5, 0.6) is 0 Å². The van der Waals surface area contributed by atoms with Crippen molar-refractivity contribution in [1.82, 2.24) is 15.6 Å². The van der Waals surface area contributed by atoms with Crippen molar-refractivity contribution in [3.63, 3.8) is 0 Å². The summed E-state index contributed by atoms with van der Waals surface area (Å²) < 4.78 is 0. The molecular formula is C16H23N3O3. The first-order valence-corrected chi connectivity index (χ1v) is 7.66. The van der Waals surface area contributed by atoms with Crippen molar-refractivity contribution in [3.8, 4) is 0 Å². The van der Waals surface area contributed by atoms with E-state index >= 15 is 0 Å². The van der Waals surface area contributed by atoms with Crippen molar-refractivity contribution < 1.29 is 14.7 Å². The number of amides is 2. The Morgan fingerprint density at radius 2 is 1.91 bits per heavy atom. The Labute approximate surface area is 130 Å². The number of hydrogen-bond acceptors (Lipinski definition) is 3. The average molecular weight is 305 g/mol. The number of aliphatic carboxylic acids is 1. The van der Waals surface area contributed by atoms with Gasteiger partial charge in [0.05, 0.1) is 18.2 Å². The van der Waals surface area contributed by atoms with Crippen molar-refractivity contribution in [2.24, 2.45) is 5.92 Å². The van der Waals surface area contributed by atoms with Crippen LogP contribution in [0.15, 0.2) is 12.1 Å². The summed E-state index contributed by atoms with van der Waals surface area (Å²) in [6, 6.07) is 3.73. The number of urea groups is 1. The molecule has 1 heterocycles. The fourth-order valence-corrected chi connectivity index (χ4v) is 2.67. The van der Waals surface area contributed by atoms with Crippen LogP contribution in [0.2, 0.25) is 0 Å². The fraction of sp³-hybridized carbons (Fsp3) is 0.562. The summed E-state index contributed by atoms with van der Waals surface area (Å²) in [4.78, 5) is 27.2. The number of carboxylic acid groups (broad SMARTS) is 1. The summed E-state index contributed by atoms with van der Waals surface area (Å²) in [6.45, 7) is 4.33. The van der Waals surface area contributed by atoms with Gasteiger partial charge in [-0.2, -0.15) is 0 Å². The standard InChI is InChI=1S/C16H23N3O3/c1-10-3-6-14(18-11(10)2)9-17-16(22)19-13-7-4-12(5-8-13)15(20)21/h3,6,12-13H,4-5,7-9H2,1-2H3,(H,20,21)(H2,17,19,22). The Bertz CT molecular complexity index is 552. The van der Waals surface area contributed by atoms with Gasteiger partial charge in [-0.1, -0.05) is 6.07 Å². The molecular weight excluding hydrogens is 282 g/mol. The highest BCUT2D eigenvalue weighted by Gasteiger charge is 2.26. The molecule has 0 aromatic carbocycles. The molecule has 0 saturated heterocycles. The lowest BCUT2D eigenvalue weighted by Crippen LogP contribution is -2.44. The largest absolute Gasteiger partial charge is 0.481 e. The summed E-state index contributed by atoms with van der Waals surface area (Å²) in [5, 5.41) is 14.7. The van der Waals surface area contributed by atoms with E-state index in [1.807, 2.05) is 26.0 Å². The number of pyridine rings is 1. The minimum atomic E-state index is -0.733. The van der Waals surface area contributed by atoms with Crippen molar-refractivity contribution in [3.05, 3.63) is 29.1 Å². The van der Waals surface area contributed by atoms with Crippen LogP contribution in [0.25, 0.3) is 0 Å². The SMILES string of the molecule is Cc1ccc(CNC(=O)NC2CCC(C(=O)O)CC2)nc1C. The van der Waals surface area contributed by atoms with Crippen LogP contribution in [0.4, 0.5) is 4.79 Å². The van der Waals surface area contributed by atoms with E-state index in [1.165, 1.54) is 0 Å². The molecule has 22 heavy (non-hydrogen) atoms. The predicted molar refractivity (Wildman–Crippen MR) is 82.5 cm³/mol. The molecule has 0 spiro atoms. The molecule has 2 rings (SSSR count). The van der Waals surface area contributed by atoms with E-state index in [-0.39, 0.29) is 18.0 Å². The first-order valence-electron chi connectivity index (χ1n) is 7.66. The van der Waals surface area contributed by atoms with E-state index in [4.69, 9.17) is 5.11 Å². The molecule has 2 amide bonds. The molecule has 1 aliphatic rings. The average Bonchev–Trinajstić information content (AvgIpc) is 2.49. The van der Waals surface area contributed by atoms with E-state index in [9.17, 15) is 9.59 Å². The van der Waals surface area contributed by atoms with Gasteiger partial charge in [0.2, 0.25) is 0 Å². The van der Waals surface area contributed by atoms with Gasteiger partial charge in [-0.05, 0) is 51.2 Å². The van der Waals surface area contributed by atoms with Gasteiger partial charge >= 0.3 is 12.0 Å². The zero-order chi connectivity index (χ0) is 16.1. The van der Waals surface area contributed by atoms with E-state index in [2.05, 4.69) is 15.6 Å². The second kappa shape index (κ2) is 7.24. The number of carboxylic acids is 1. The van der Waals surface area contributed by atoms with Gasteiger partial charge in [0, 0.05) is 11.7 Å².